The van der Waals surface area contributed by atoms with Crippen molar-refractivity contribution in [2.24, 2.45) is 0 Å². The van der Waals surface area contributed by atoms with E-state index >= 15 is 0 Å². The fraction of sp³-hybridized carbons (Fsp3) is 0.333. The standard InChI is InChI=1S/C12H14N6O2/c1-13-8-6-18-5-4-14-11(18)10(16-8)15-7-2-3-9(19)17-12(7)20/h4-7,13H,2-3H2,1H3,(H,15,16)(H,17,19,20). The van der Waals surface area contributed by atoms with Crippen molar-refractivity contribution >= 4 is 29.1 Å². The Labute approximate surface area is 114 Å². The molecule has 8 nitrogen and oxygen atoms in total. The molecule has 2 aromatic rings. The van der Waals surface area contributed by atoms with Crippen LogP contribution in [0.5, 0.6) is 0 Å². The van der Waals surface area contributed by atoms with Gasteiger partial charge in [-0.15, -0.1) is 0 Å². The van der Waals surface area contributed by atoms with Crippen molar-refractivity contribution in [1.82, 2.24) is 19.7 Å². The summed E-state index contributed by atoms with van der Waals surface area (Å²) < 4.78 is 1.81. The monoisotopic (exact) mass is 274 g/mol. The Hall–Kier alpha value is -2.64. The summed E-state index contributed by atoms with van der Waals surface area (Å²) in [6.45, 7) is 0. The molecule has 3 N–H and O–H groups in total. The largest absolute Gasteiger partial charge is 0.372 e. The minimum atomic E-state index is -0.479. The summed E-state index contributed by atoms with van der Waals surface area (Å²) in [7, 11) is 1.76. The normalized spacial score (nSPS) is 18.9. The van der Waals surface area contributed by atoms with E-state index in [4.69, 9.17) is 0 Å². The maximum absolute atomic E-state index is 11.8. The lowest BCUT2D eigenvalue weighted by Gasteiger charge is -2.22. The number of anilines is 2. The van der Waals surface area contributed by atoms with Gasteiger partial charge in [0.1, 0.15) is 11.9 Å². The first-order valence-electron chi connectivity index (χ1n) is 6.29. The molecule has 104 valence electrons. The van der Waals surface area contributed by atoms with Gasteiger partial charge >= 0.3 is 0 Å². The molecule has 1 aliphatic rings. The van der Waals surface area contributed by atoms with Gasteiger partial charge in [-0.25, -0.2) is 9.97 Å². The number of amides is 2. The molecule has 1 atom stereocenters. The summed E-state index contributed by atoms with van der Waals surface area (Å²) in [5.74, 6) is 0.597. The van der Waals surface area contributed by atoms with Gasteiger partial charge < -0.3 is 15.0 Å². The number of fused-ring (bicyclic) bond motifs is 1. The molecule has 2 aromatic heterocycles. The summed E-state index contributed by atoms with van der Waals surface area (Å²) in [6.07, 6.45) is 6.03. The summed E-state index contributed by atoms with van der Waals surface area (Å²) in [5.41, 5.74) is 0.633. The van der Waals surface area contributed by atoms with Crippen molar-refractivity contribution in [2.45, 2.75) is 18.9 Å². The molecule has 0 aliphatic carbocycles. The average Bonchev–Trinajstić information content (AvgIpc) is 2.90. The van der Waals surface area contributed by atoms with Crippen LogP contribution in [0.25, 0.3) is 5.65 Å². The van der Waals surface area contributed by atoms with E-state index in [1.54, 1.807) is 25.6 Å². The van der Waals surface area contributed by atoms with Crippen LogP contribution >= 0.6 is 0 Å². The molecule has 0 radical (unpaired) electrons. The number of nitrogens with zero attached hydrogens (tertiary/aromatic N) is 3. The smallest absolute Gasteiger partial charge is 0.249 e. The van der Waals surface area contributed by atoms with E-state index in [1.165, 1.54) is 0 Å². The highest BCUT2D eigenvalue weighted by atomic mass is 16.2. The van der Waals surface area contributed by atoms with Crippen molar-refractivity contribution in [1.29, 1.82) is 0 Å². The first-order chi connectivity index (χ1) is 9.67. The molecule has 1 saturated heterocycles. The third kappa shape index (κ3) is 2.15. The Morgan fingerprint density at radius 2 is 2.30 bits per heavy atom. The minimum absolute atomic E-state index is 0.240. The Balaban J connectivity index is 1.91. The highest BCUT2D eigenvalue weighted by Crippen LogP contribution is 2.19. The van der Waals surface area contributed by atoms with Crippen molar-refractivity contribution < 1.29 is 9.59 Å². The molecule has 0 spiro atoms. The Morgan fingerprint density at radius 1 is 1.45 bits per heavy atom. The second-order valence-corrected chi connectivity index (χ2v) is 4.53. The van der Waals surface area contributed by atoms with Gasteiger partial charge in [0, 0.05) is 25.9 Å². The van der Waals surface area contributed by atoms with E-state index in [-0.39, 0.29) is 11.8 Å². The SMILES string of the molecule is CNc1cn2ccnc2c(NC2CCC(=O)NC2=O)n1. The van der Waals surface area contributed by atoms with Gasteiger partial charge in [0.25, 0.3) is 0 Å². The third-order valence-corrected chi connectivity index (χ3v) is 3.18. The summed E-state index contributed by atoms with van der Waals surface area (Å²) in [6, 6.07) is -0.479. The fourth-order valence-electron chi connectivity index (χ4n) is 2.15. The van der Waals surface area contributed by atoms with Crippen LogP contribution in [0.1, 0.15) is 12.8 Å². The van der Waals surface area contributed by atoms with Gasteiger partial charge in [-0.05, 0) is 6.42 Å². The molecule has 0 saturated carbocycles. The average molecular weight is 274 g/mol. The third-order valence-electron chi connectivity index (χ3n) is 3.18. The lowest BCUT2D eigenvalue weighted by molar-refractivity contribution is -0.133. The first kappa shape index (κ1) is 12.4. The predicted octanol–water partition coefficient (Wildman–Crippen LogP) is -0.0119. The quantitative estimate of drug-likeness (QED) is 0.681. The van der Waals surface area contributed by atoms with Crippen LogP contribution in [0.3, 0.4) is 0 Å². The minimum Gasteiger partial charge on any atom is -0.372 e. The van der Waals surface area contributed by atoms with Gasteiger partial charge in [0.05, 0.1) is 6.20 Å². The maximum atomic E-state index is 11.8. The number of carbonyl (C=O) groups excluding carboxylic acids is 2. The number of hydrogen-bond donors (Lipinski definition) is 3. The summed E-state index contributed by atoms with van der Waals surface area (Å²) in [4.78, 5) is 31.5. The van der Waals surface area contributed by atoms with Crippen molar-refractivity contribution in [3.63, 3.8) is 0 Å². The molecule has 0 bridgehead atoms. The van der Waals surface area contributed by atoms with Crippen LogP contribution in [0.2, 0.25) is 0 Å². The molecule has 8 heteroatoms. The summed E-state index contributed by atoms with van der Waals surface area (Å²) >= 11 is 0. The van der Waals surface area contributed by atoms with Crippen LogP contribution in [-0.4, -0.2) is 39.3 Å². The number of rotatable bonds is 3. The molecule has 1 unspecified atom stereocenters. The van der Waals surface area contributed by atoms with E-state index in [1.807, 2.05) is 4.40 Å². The van der Waals surface area contributed by atoms with E-state index in [2.05, 4.69) is 25.9 Å². The lowest BCUT2D eigenvalue weighted by atomic mass is 10.1. The molecule has 0 aromatic carbocycles. The van der Waals surface area contributed by atoms with Crippen molar-refractivity contribution in [3.05, 3.63) is 18.6 Å². The van der Waals surface area contributed by atoms with Gasteiger partial charge in [0.15, 0.2) is 11.5 Å². The number of piperidine rings is 1. The van der Waals surface area contributed by atoms with Crippen LogP contribution in [0, 0.1) is 0 Å². The maximum Gasteiger partial charge on any atom is 0.249 e. The zero-order valence-corrected chi connectivity index (χ0v) is 10.9. The van der Waals surface area contributed by atoms with Crippen LogP contribution in [0.15, 0.2) is 18.6 Å². The van der Waals surface area contributed by atoms with Crippen molar-refractivity contribution in [2.75, 3.05) is 17.7 Å². The molecule has 1 fully saturated rings. The van der Waals surface area contributed by atoms with E-state index < -0.39 is 6.04 Å². The number of imidazole rings is 1. The van der Waals surface area contributed by atoms with E-state index in [0.717, 1.165) is 0 Å². The number of carbonyl (C=O) groups is 2. The topological polar surface area (TPSA) is 100 Å². The Morgan fingerprint density at radius 3 is 3.05 bits per heavy atom. The zero-order valence-electron chi connectivity index (χ0n) is 10.9. The Kier molecular flexibility index (Phi) is 2.97. The molecule has 3 rings (SSSR count). The summed E-state index contributed by atoms with van der Waals surface area (Å²) in [5, 5.41) is 8.32. The molecule has 20 heavy (non-hydrogen) atoms. The van der Waals surface area contributed by atoms with Crippen LogP contribution < -0.4 is 16.0 Å². The zero-order chi connectivity index (χ0) is 14.1. The van der Waals surface area contributed by atoms with Crippen LogP contribution in [-0.2, 0) is 9.59 Å². The lowest BCUT2D eigenvalue weighted by Crippen LogP contribution is -2.47. The van der Waals surface area contributed by atoms with E-state index in [0.29, 0.717) is 30.1 Å². The predicted molar refractivity (Wildman–Crippen MR) is 72.3 cm³/mol. The highest BCUT2D eigenvalue weighted by Gasteiger charge is 2.27. The molecule has 3 heterocycles. The number of imide groups is 1. The molecule has 1 aliphatic heterocycles. The van der Waals surface area contributed by atoms with Gasteiger partial charge in [0.2, 0.25) is 11.8 Å². The molecular formula is C12H14N6O2. The van der Waals surface area contributed by atoms with Crippen molar-refractivity contribution in [3.8, 4) is 0 Å². The van der Waals surface area contributed by atoms with Gasteiger partial charge in [-0.1, -0.05) is 0 Å². The number of aromatic nitrogens is 3. The second kappa shape index (κ2) is 4.80. The highest BCUT2D eigenvalue weighted by molar-refractivity contribution is 6.01. The van der Waals surface area contributed by atoms with Gasteiger partial charge in [-0.3, -0.25) is 14.9 Å². The molecule has 2 amide bonds. The van der Waals surface area contributed by atoms with E-state index in [9.17, 15) is 9.59 Å². The fourth-order valence-corrected chi connectivity index (χ4v) is 2.15. The first-order valence-corrected chi connectivity index (χ1v) is 6.29. The molecular weight excluding hydrogens is 260 g/mol. The number of nitrogens with one attached hydrogen (secondary N) is 3. The second-order valence-electron chi connectivity index (χ2n) is 4.53. The van der Waals surface area contributed by atoms with Crippen LogP contribution in [0.4, 0.5) is 11.6 Å². The number of hydrogen-bond acceptors (Lipinski definition) is 6. The Bertz CT molecular complexity index is 680. The van der Waals surface area contributed by atoms with Gasteiger partial charge in [-0.2, -0.15) is 0 Å².